The first-order valence-corrected chi connectivity index (χ1v) is 7.21. The number of H-pyrrole nitrogens is 1. The van der Waals surface area contributed by atoms with E-state index in [1.54, 1.807) is 0 Å². The fraction of sp³-hybridized carbons (Fsp3) is 0.235. The van der Waals surface area contributed by atoms with Crippen LogP contribution in [-0.4, -0.2) is 16.6 Å². The van der Waals surface area contributed by atoms with Crippen LogP contribution in [0.3, 0.4) is 0 Å². The second kappa shape index (κ2) is 5.87. The zero-order valence-corrected chi connectivity index (χ0v) is 12.3. The number of aryl methyl sites for hydroxylation is 1. The van der Waals surface area contributed by atoms with Crippen molar-refractivity contribution in [1.29, 1.82) is 0 Å². The highest BCUT2D eigenvalue weighted by molar-refractivity contribution is 5.79. The number of aromatic amines is 1. The molecule has 0 saturated heterocycles. The molecule has 0 aliphatic rings. The third-order valence-electron chi connectivity index (χ3n) is 3.21. The van der Waals surface area contributed by atoms with Gasteiger partial charge in [0.15, 0.2) is 0 Å². The van der Waals surface area contributed by atoms with Crippen molar-refractivity contribution >= 4 is 22.7 Å². The van der Waals surface area contributed by atoms with E-state index in [1.807, 2.05) is 30.3 Å². The van der Waals surface area contributed by atoms with Crippen molar-refractivity contribution in [1.82, 2.24) is 9.97 Å². The second-order valence-electron chi connectivity index (χ2n) is 5.11. The van der Waals surface area contributed by atoms with Gasteiger partial charge in [0.05, 0.1) is 17.6 Å². The molecule has 0 saturated carbocycles. The van der Waals surface area contributed by atoms with Crippen LogP contribution in [-0.2, 0) is 0 Å². The van der Waals surface area contributed by atoms with Gasteiger partial charge in [0.25, 0.3) is 0 Å². The standard InChI is InChI=1S/C17H19N3O/c1-3-9-21-14-6-4-5-13(11-14)18-17-19-15-8-7-12(2)10-16(15)20-17/h4-8,10-11H,3,9H2,1-2H3,(H2,18,19,20). The van der Waals surface area contributed by atoms with Crippen molar-refractivity contribution in [2.45, 2.75) is 20.3 Å². The second-order valence-corrected chi connectivity index (χ2v) is 5.11. The highest BCUT2D eigenvalue weighted by Gasteiger charge is 2.04. The lowest BCUT2D eigenvalue weighted by atomic mass is 10.2. The van der Waals surface area contributed by atoms with Crippen LogP contribution in [0.1, 0.15) is 18.9 Å². The van der Waals surface area contributed by atoms with Crippen molar-refractivity contribution in [3.05, 3.63) is 48.0 Å². The Morgan fingerprint density at radius 1 is 1.19 bits per heavy atom. The number of rotatable bonds is 5. The molecule has 0 amide bonds. The predicted octanol–water partition coefficient (Wildman–Crippen LogP) is 4.40. The Kier molecular flexibility index (Phi) is 3.77. The van der Waals surface area contributed by atoms with Gasteiger partial charge in [0, 0.05) is 11.8 Å². The van der Waals surface area contributed by atoms with Gasteiger partial charge >= 0.3 is 0 Å². The molecule has 0 fully saturated rings. The maximum absolute atomic E-state index is 5.64. The Morgan fingerprint density at radius 3 is 2.95 bits per heavy atom. The monoisotopic (exact) mass is 281 g/mol. The molecule has 0 radical (unpaired) electrons. The van der Waals surface area contributed by atoms with Crippen LogP contribution in [0.2, 0.25) is 0 Å². The first-order valence-electron chi connectivity index (χ1n) is 7.21. The van der Waals surface area contributed by atoms with Crippen molar-refractivity contribution in [3.63, 3.8) is 0 Å². The van der Waals surface area contributed by atoms with Crippen molar-refractivity contribution in [2.75, 3.05) is 11.9 Å². The van der Waals surface area contributed by atoms with Crippen LogP contribution in [0.25, 0.3) is 11.0 Å². The number of hydrogen-bond acceptors (Lipinski definition) is 3. The average Bonchev–Trinajstić information content (AvgIpc) is 2.86. The summed E-state index contributed by atoms with van der Waals surface area (Å²) in [6.07, 6.45) is 1.00. The molecule has 3 rings (SSSR count). The zero-order chi connectivity index (χ0) is 14.7. The van der Waals surface area contributed by atoms with E-state index in [9.17, 15) is 0 Å². The van der Waals surface area contributed by atoms with Crippen LogP contribution in [0.5, 0.6) is 5.75 Å². The number of imidazole rings is 1. The highest BCUT2D eigenvalue weighted by atomic mass is 16.5. The number of nitrogens with zero attached hydrogens (tertiary/aromatic N) is 1. The third-order valence-corrected chi connectivity index (χ3v) is 3.21. The number of hydrogen-bond donors (Lipinski definition) is 2. The highest BCUT2D eigenvalue weighted by Crippen LogP contribution is 2.22. The lowest BCUT2D eigenvalue weighted by Gasteiger charge is -2.07. The lowest BCUT2D eigenvalue weighted by molar-refractivity contribution is 0.317. The maximum Gasteiger partial charge on any atom is 0.205 e. The molecule has 1 heterocycles. The van der Waals surface area contributed by atoms with Crippen LogP contribution in [0, 0.1) is 6.92 Å². The molecule has 4 nitrogen and oxygen atoms in total. The number of fused-ring (bicyclic) bond motifs is 1. The van der Waals surface area contributed by atoms with E-state index in [-0.39, 0.29) is 0 Å². The van der Waals surface area contributed by atoms with Gasteiger partial charge in [0.1, 0.15) is 5.75 Å². The molecule has 0 aliphatic heterocycles. The van der Waals surface area contributed by atoms with Gasteiger partial charge in [-0.2, -0.15) is 0 Å². The minimum absolute atomic E-state index is 0.730. The summed E-state index contributed by atoms with van der Waals surface area (Å²) in [7, 11) is 0. The summed E-state index contributed by atoms with van der Waals surface area (Å²) in [5.74, 6) is 1.61. The molecule has 0 spiro atoms. The average molecular weight is 281 g/mol. The molecule has 4 heteroatoms. The minimum Gasteiger partial charge on any atom is -0.494 e. The molecule has 108 valence electrons. The summed E-state index contributed by atoms with van der Waals surface area (Å²) in [5, 5.41) is 3.28. The molecule has 1 aromatic heterocycles. The largest absolute Gasteiger partial charge is 0.494 e. The Labute approximate surface area is 124 Å². The Hall–Kier alpha value is -2.49. The summed E-state index contributed by atoms with van der Waals surface area (Å²) in [5.41, 5.74) is 4.17. The van der Waals surface area contributed by atoms with Gasteiger partial charge in [-0.1, -0.05) is 19.1 Å². The van der Waals surface area contributed by atoms with Gasteiger partial charge < -0.3 is 15.0 Å². The van der Waals surface area contributed by atoms with Gasteiger partial charge in [-0.05, 0) is 43.2 Å². The van der Waals surface area contributed by atoms with E-state index >= 15 is 0 Å². The molecule has 0 unspecified atom stereocenters. The van der Waals surface area contributed by atoms with E-state index in [2.05, 4.69) is 41.3 Å². The van der Waals surface area contributed by atoms with Gasteiger partial charge in [-0.15, -0.1) is 0 Å². The first-order chi connectivity index (χ1) is 10.2. The van der Waals surface area contributed by atoms with Crippen LogP contribution in [0.15, 0.2) is 42.5 Å². The van der Waals surface area contributed by atoms with Crippen molar-refractivity contribution in [2.24, 2.45) is 0 Å². The molecule has 21 heavy (non-hydrogen) atoms. The maximum atomic E-state index is 5.64. The van der Waals surface area contributed by atoms with E-state index in [0.29, 0.717) is 0 Å². The number of nitrogens with one attached hydrogen (secondary N) is 2. The fourth-order valence-electron chi connectivity index (χ4n) is 2.20. The molecule has 3 aromatic rings. The third kappa shape index (κ3) is 3.16. The van der Waals surface area contributed by atoms with E-state index in [4.69, 9.17) is 4.74 Å². The van der Waals surface area contributed by atoms with E-state index in [0.717, 1.165) is 41.4 Å². The molecular formula is C17H19N3O. The number of ether oxygens (including phenoxy) is 1. The number of anilines is 2. The van der Waals surface area contributed by atoms with Crippen LogP contribution >= 0.6 is 0 Å². The molecule has 2 aromatic carbocycles. The SMILES string of the molecule is CCCOc1cccc(Nc2nc3ccc(C)cc3[nH]2)c1. The summed E-state index contributed by atoms with van der Waals surface area (Å²) >= 11 is 0. The summed E-state index contributed by atoms with van der Waals surface area (Å²) in [6.45, 7) is 4.90. The quantitative estimate of drug-likeness (QED) is 0.728. The van der Waals surface area contributed by atoms with Gasteiger partial charge in [-0.25, -0.2) is 4.98 Å². The summed E-state index contributed by atoms with van der Waals surface area (Å²) in [4.78, 5) is 7.82. The van der Waals surface area contributed by atoms with E-state index in [1.165, 1.54) is 5.56 Å². The minimum atomic E-state index is 0.730. The molecule has 2 N–H and O–H groups in total. The first kappa shape index (κ1) is 13.5. The van der Waals surface area contributed by atoms with Crippen LogP contribution < -0.4 is 10.1 Å². The zero-order valence-electron chi connectivity index (χ0n) is 12.3. The fourth-order valence-corrected chi connectivity index (χ4v) is 2.20. The molecule has 0 bridgehead atoms. The van der Waals surface area contributed by atoms with Gasteiger partial charge in [-0.3, -0.25) is 0 Å². The predicted molar refractivity (Wildman–Crippen MR) is 86.3 cm³/mol. The molecular weight excluding hydrogens is 262 g/mol. The van der Waals surface area contributed by atoms with Crippen molar-refractivity contribution < 1.29 is 4.74 Å². The van der Waals surface area contributed by atoms with Gasteiger partial charge in [0.2, 0.25) is 5.95 Å². The van der Waals surface area contributed by atoms with Crippen LogP contribution in [0.4, 0.5) is 11.6 Å². The number of aromatic nitrogens is 2. The van der Waals surface area contributed by atoms with Crippen molar-refractivity contribution in [3.8, 4) is 5.75 Å². The summed E-state index contributed by atoms with van der Waals surface area (Å²) < 4.78 is 5.64. The normalized spacial score (nSPS) is 10.8. The smallest absolute Gasteiger partial charge is 0.205 e. The Bertz CT molecular complexity index is 749. The summed E-state index contributed by atoms with van der Waals surface area (Å²) in [6, 6.07) is 14.1. The Morgan fingerprint density at radius 2 is 2.10 bits per heavy atom. The molecule has 0 aliphatic carbocycles. The lowest BCUT2D eigenvalue weighted by Crippen LogP contribution is -1.96. The van der Waals surface area contributed by atoms with E-state index < -0.39 is 0 Å². The Balaban J connectivity index is 1.81. The molecule has 0 atom stereocenters. The number of benzene rings is 2. The topological polar surface area (TPSA) is 49.9 Å².